The molecule has 0 radical (unpaired) electrons. The Bertz CT molecular complexity index is 669. The van der Waals surface area contributed by atoms with Gasteiger partial charge in [0, 0.05) is 10.6 Å². The van der Waals surface area contributed by atoms with E-state index in [1.165, 1.54) is 0 Å². The van der Waals surface area contributed by atoms with E-state index in [9.17, 15) is 9.36 Å². The molecule has 2 aromatic rings. The molecule has 5 heteroatoms. The maximum atomic E-state index is 13.5. The monoisotopic (exact) mass is 360 g/mol. The number of carbonyl (C=O) groups excluding carboxylic acids is 1. The average molecular weight is 360 g/mol. The molecule has 0 heterocycles. The van der Waals surface area contributed by atoms with Crippen LogP contribution in [-0.4, -0.2) is 19.2 Å². The molecular formula is C20H25O4P. The van der Waals surface area contributed by atoms with Gasteiger partial charge >= 0.3 is 5.97 Å². The van der Waals surface area contributed by atoms with Gasteiger partial charge in [-0.05, 0) is 30.2 Å². The molecular weight excluding hydrogens is 335 g/mol. The van der Waals surface area contributed by atoms with Gasteiger partial charge in [0.2, 0.25) is 0 Å². The van der Waals surface area contributed by atoms with Crippen LogP contribution in [0.5, 0.6) is 0 Å². The van der Waals surface area contributed by atoms with Crippen molar-refractivity contribution in [2.24, 2.45) is 11.8 Å². The van der Waals surface area contributed by atoms with Crippen molar-refractivity contribution in [2.75, 3.05) is 13.2 Å². The van der Waals surface area contributed by atoms with Crippen LogP contribution in [0.15, 0.2) is 60.7 Å². The first-order valence-corrected chi connectivity index (χ1v) is 10.1. The number of hydrogen-bond acceptors (Lipinski definition) is 4. The summed E-state index contributed by atoms with van der Waals surface area (Å²) in [6, 6.07) is 18.2. The minimum absolute atomic E-state index is 0.0810. The third kappa shape index (κ3) is 5.04. The van der Waals surface area contributed by atoms with Crippen LogP contribution in [0.4, 0.5) is 0 Å². The van der Waals surface area contributed by atoms with Crippen LogP contribution >= 0.6 is 7.37 Å². The highest BCUT2D eigenvalue weighted by atomic mass is 31.2. The zero-order chi connectivity index (χ0) is 18.3. The van der Waals surface area contributed by atoms with Crippen LogP contribution in [-0.2, 0) is 18.6 Å². The summed E-state index contributed by atoms with van der Waals surface area (Å²) in [5.41, 5.74) is 0. The zero-order valence-electron chi connectivity index (χ0n) is 14.9. The van der Waals surface area contributed by atoms with Crippen LogP contribution in [0, 0.1) is 11.8 Å². The van der Waals surface area contributed by atoms with Gasteiger partial charge in [-0.15, -0.1) is 0 Å². The fourth-order valence-corrected chi connectivity index (χ4v) is 4.32. The number of ether oxygens (including phenoxy) is 1. The van der Waals surface area contributed by atoms with Crippen LogP contribution in [0.3, 0.4) is 0 Å². The molecule has 0 N–H and O–H groups in total. The second-order valence-electron chi connectivity index (χ2n) is 6.26. The van der Waals surface area contributed by atoms with Gasteiger partial charge in [-0.1, -0.05) is 57.2 Å². The van der Waals surface area contributed by atoms with Crippen LogP contribution in [0.25, 0.3) is 0 Å². The molecule has 2 aromatic carbocycles. The molecule has 0 saturated heterocycles. The summed E-state index contributed by atoms with van der Waals surface area (Å²) in [5, 5.41) is 1.26. The molecule has 134 valence electrons. The van der Waals surface area contributed by atoms with Crippen molar-refractivity contribution in [3.05, 3.63) is 60.7 Å². The molecule has 0 saturated carbocycles. The lowest BCUT2D eigenvalue weighted by Gasteiger charge is -2.20. The minimum atomic E-state index is -3.22. The molecule has 1 atom stereocenters. The van der Waals surface area contributed by atoms with Crippen molar-refractivity contribution in [2.45, 2.75) is 20.8 Å². The van der Waals surface area contributed by atoms with E-state index in [0.717, 1.165) is 0 Å². The Kier molecular flexibility index (Phi) is 6.98. The molecule has 0 aliphatic rings. The summed E-state index contributed by atoms with van der Waals surface area (Å²) in [5.74, 6) is -0.212. The molecule has 0 aliphatic carbocycles. The number of rotatable bonds is 8. The van der Waals surface area contributed by atoms with Crippen molar-refractivity contribution < 1.29 is 18.6 Å². The summed E-state index contributed by atoms with van der Waals surface area (Å²) >= 11 is 0. The van der Waals surface area contributed by atoms with Gasteiger partial charge in [0.1, 0.15) is 6.61 Å². The molecule has 0 aromatic heterocycles. The van der Waals surface area contributed by atoms with E-state index in [4.69, 9.17) is 9.26 Å². The van der Waals surface area contributed by atoms with Gasteiger partial charge in [-0.25, -0.2) is 0 Å². The Morgan fingerprint density at radius 1 is 0.880 bits per heavy atom. The highest BCUT2D eigenvalue weighted by molar-refractivity contribution is 7.74. The van der Waals surface area contributed by atoms with E-state index in [-0.39, 0.29) is 31.0 Å². The quantitative estimate of drug-likeness (QED) is 0.409. The van der Waals surface area contributed by atoms with Crippen molar-refractivity contribution in [1.82, 2.24) is 0 Å². The second-order valence-corrected chi connectivity index (χ2v) is 8.65. The number of carbonyl (C=O) groups is 1. The zero-order valence-corrected chi connectivity index (χ0v) is 15.8. The maximum Gasteiger partial charge on any atom is 0.308 e. The second kappa shape index (κ2) is 8.98. The van der Waals surface area contributed by atoms with Gasteiger partial charge in [0.05, 0.1) is 12.5 Å². The van der Waals surface area contributed by atoms with E-state index >= 15 is 0 Å². The van der Waals surface area contributed by atoms with Crippen LogP contribution in [0.2, 0.25) is 0 Å². The molecule has 0 fully saturated rings. The first-order chi connectivity index (χ1) is 11.9. The molecule has 0 spiro atoms. The Morgan fingerprint density at radius 2 is 1.36 bits per heavy atom. The molecule has 0 bridgehead atoms. The molecule has 4 nitrogen and oxygen atoms in total. The third-order valence-electron chi connectivity index (χ3n) is 4.16. The summed E-state index contributed by atoms with van der Waals surface area (Å²) < 4.78 is 24.6. The normalized spacial score (nSPS) is 12.8. The van der Waals surface area contributed by atoms with E-state index in [0.29, 0.717) is 10.6 Å². The minimum Gasteiger partial charge on any atom is -0.463 e. The Labute approximate surface area is 149 Å². The van der Waals surface area contributed by atoms with Crippen LogP contribution in [0.1, 0.15) is 20.8 Å². The largest absolute Gasteiger partial charge is 0.463 e. The third-order valence-corrected chi connectivity index (χ3v) is 6.67. The van der Waals surface area contributed by atoms with Crippen molar-refractivity contribution in [1.29, 1.82) is 0 Å². The lowest BCUT2D eigenvalue weighted by molar-refractivity contribution is -0.150. The summed E-state index contributed by atoms with van der Waals surface area (Å²) in [4.78, 5) is 11.9. The maximum absolute atomic E-state index is 13.5. The van der Waals surface area contributed by atoms with Crippen LogP contribution < -0.4 is 10.6 Å². The standard InChI is InChI=1S/C20H25O4P/c1-16(2)17(3)20(21)23-14-15-24-25(22,18-10-6-4-7-11-18)19-12-8-5-9-13-19/h4-13,16-17H,14-15H2,1-3H3. The van der Waals surface area contributed by atoms with Crippen molar-refractivity contribution in [3.8, 4) is 0 Å². The Hall–Kier alpha value is -1.90. The molecule has 0 amide bonds. The van der Waals surface area contributed by atoms with E-state index < -0.39 is 7.37 Å². The highest BCUT2D eigenvalue weighted by Gasteiger charge is 2.28. The lowest BCUT2D eigenvalue weighted by atomic mass is 9.99. The molecule has 0 aliphatic heterocycles. The Morgan fingerprint density at radius 3 is 1.80 bits per heavy atom. The van der Waals surface area contributed by atoms with Gasteiger partial charge in [0.15, 0.2) is 0 Å². The molecule has 2 rings (SSSR count). The topological polar surface area (TPSA) is 52.6 Å². The summed E-state index contributed by atoms with van der Waals surface area (Å²) in [6.07, 6.45) is 0. The predicted molar refractivity (Wildman–Crippen MR) is 101 cm³/mol. The highest BCUT2D eigenvalue weighted by Crippen LogP contribution is 2.44. The number of esters is 1. The SMILES string of the molecule is CC(C)C(C)C(=O)OCCOP(=O)(c1ccccc1)c1ccccc1. The van der Waals surface area contributed by atoms with Gasteiger partial charge in [0.25, 0.3) is 7.37 Å². The predicted octanol–water partition coefficient (Wildman–Crippen LogP) is 3.77. The first kappa shape index (κ1) is 19.4. The fourth-order valence-electron chi connectivity index (χ4n) is 2.26. The lowest BCUT2D eigenvalue weighted by Crippen LogP contribution is -2.23. The Balaban J connectivity index is 2.06. The molecule has 25 heavy (non-hydrogen) atoms. The van der Waals surface area contributed by atoms with E-state index in [2.05, 4.69) is 0 Å². The number of hydrogen-bond donors (Lipinski definition) is 0. The first-order valence-electron chi connectivity index (χ1n) is 8.47. The van der Waals surface area contributed by atoms with E-state index in [1.54, 1.807) is 24.3 Å². The van der Waals surface area contributed by atoms with Crippen molar-refractivity contribution >= 4 is 23.9 Å². The fraction of sp³-hybridized carbons (Fsp3) is 0.350. The van der Waals surface area contributed by atoms with E-state index in [1.807, 2.05) is 57.2 Å². The summed E-state index contributed by atoms with van der Waals surface area (Å²) in [7, 11) is -3.22. The smallest absolute Gasteiger partial charge is 0.308 e. The number of benzene rings is 2. The van der Waals surface area contributed by atoms with Crippen molar-refractivity contribution in [3.63, 3.8) is 0 Å². The van der Waals surface area contributed by atoms with Gasteiger partial charge in [-0.3, -0.25) is 9.36 Å². The molecule has 1 unspecified atom stereocenters. The average Bonchev–Trinajstić information content (AvgIpc) is 2.65. The van der Waals surface area contributed by atoms with Gasteiger partial charge in [-0.2, -0.15) is 0 Å². The summed E-state index contributed by atoms with van der Waals surface area (Å²) in [6.45, 7) is 5.95. The van der Waals surface area contributed by atoms with Gasteiger partial charge < -0.3 is 9.26 Å².